The van der Waals surface area contributed by atoms with Gasteiger partial charge in [-0.1, -0.05) is 24.3 Å². The van der Waals surface area contributed by atoms with Gasteiger partial charge < -0.3 is 10.1 Å². The van der Waals surface area contributed by atoms with Gasteiger partial charge in [-0.3, -0.25) is 4.79 Å². The molecule has 3 N–H and O–H groups in total. The third-order valence-electron chi connectivity index (χ3n) is 5.42. The lowest BCUT2D eigenvalue weighted by Gasteiger charge is -2.20. The zero-order chi connectivity index (χ0) is 23.6. The number of hydrogen-bond donors (Lipinski definition) is 2. The van der Waals surface area contributed by atoms with Crippen LogP contribution in [-0.4, -0.2) is 32.2 Å². The topological polar surface area (TPSA) is 114 Å². The zero-order valence-electron chi connectivity index (χ0n) is 18.2. The van der Waals surface area contributed by atoms with Gasteiger partial charge in [-0.2, -0.15) is 5.10 Å². The molecule has 0 aromatic heterocycles. The number of amides is 1. The molecule has 0 fully saturated rings. The van der Waals surface area contributed by atoms with Gasteiger partial charge in [0.15, 0.2) is 0 Å². The van der Waals surface area contributed by atoms with E-state index in [1.807, 2.05) is 48.5 Å². The van der Waals surface area contributed by atoms with Crippen molar-refractivity contribution in [3.63, 3.8) is 0 Å². The molecular formula is C24H24N4O4S. The van der Waals surface area contributed by atoms with Crippen LogP contribution in [-0.2, 0) is 14.8 Å². The largest absolute Gasteiger partial charge is 0.497 e. The van der Waals surface area contributed by atoms with Crippen LogP contribution in [0.2, 0.25) is 0 Å². The molecule has 1 aliphatic rings. The number of nitrogens with two attached hydrogens (primary N) is 1. The van der Waals surface area contributed by atoms with Crippen LogP contribution in [0, 0.1) is 0 Å². The summed E-state index contributed by atoms with van der Waals surface area (Å²) in [7, 11) is -2.10. The normalized spacial score (nSPS) is 15.8. The first-order valence-corrected chi connectivity index (χ1v) is 11.8. The average Bonchev–Trinajstić information content (AvgIpc) is 3.25. The second-order valence-corrected chi connectivity index (χ2v) is 9.24. The van der Waals surface area contributed by atoms with Gasteiger partial charge in [0.1, 0.15) is 5.75 Å². The molecule has 170 valence electrons. The predicted molar refractivity (Wildman–Crippen MR) is 127 cm³/mol. The number of nitrogens with one attached hydrogen (secondary N) is 1. The van der Waals surface area contributed by atoms with Crippen molar-refractivity contribution in [2.24, 2.45) is 10.2 Å². The second-order valence-electron chi connectivity index (χ2n) is 7.68. The Morgan fingerprint density at radius 3 is 2.09 bits per heavy atom. The SMILES string of the molecule is COc1ccc(C2CC(c3ccc(Nc4ccc(S(N)(=O)=O)cc4)cc3)=NN2C(C)=O)cc1. The first-order valence-electron chi connectivity index (χ1n) is 10.3. The Labute approximate surface area is 192 Å². The summed E-state index contributed by atoms with van der Waals surface area (Å²) >= 11 is 0. The molecule has 3 aromatic rings. The van der Waals surface area contributed by atoms with Crippen LogP contribution in [0.5, 0.6) is 5.75 Å². The van der Waals surface area contributed by atoms with Crippen LogP contribution in [0.15, 0.2) is 82.8 Å². The lowest BCUT2D eigenvalue weighted by atomic mass is 9.98. The summed E-state index contributed by atoms with van der Waals surface area (Å²) in [6.45, 7) is 1.51. The number of carbonyl (C=O) groups is 1. The Morgan fingerprint density at radius 1 is 1.00 bits per heavy atom. The van der Waals surface area contributed by atoms with E-state index >= 15 is 0 Å². The number of carbonyl (C=O) groups excluding carboxylic acids is 1. The number of primary sulfonamides is 1. The number of methoxy groups -OCH3 is 1. The Kier molecular flexibility index (Phi) is 6.17. The van der Waals surface area contributed by atoms with Crippen molar-refractivity contribution < 1.29 is 17.9 Å². The highest BCUT2D eigenvalue weighted by Crippen LogP contribution is 2.34. The second kappa shape index (κ2) is 9.05. The van der Waals surface area contributed by atoms with E-state index in [0.29, 0.717) is 6.42 Å². The standard InChI is InChI=1S/C24H24N4O4S/c1-16(29)28-24(18-5-11-21(32-2)12-6-18)15-23(27-28)17-3-7-19(8-4-17)26-20-9-13-22(14-10-20)33(25,30)31/h3-14,24,26H,15H2,1-2H3,(H2,25,30,31). The van der Waals surface area contributed by atoms with Gasteiger partial charge in [0, 0.05) is 24.7 Å². The van der Waals surface area contributed by atoms with Crippen molar-refractivity contribution in [1.29, 1.82) is 0 Å². The zero-order valence-corrected chi connectivity index (χ0v) is 19.0. The van der Waals surface area contributed by atoms with Gasteiger partial charge >= 0.3 is 0 Å². The van der Waals surface area contributed by atoms with Crippen molar-refractivity contribution in [2.45, 2.75) is 24.3 Å². The van der Waals surface area contributed by atoms with Crippen LogP contribution in [0.3, 0.4) is 0 Å². The van der Waals surface area contributed by atoms with Gasteiger partial charge in [-0.25, -0.2) is 18.6 Å². The molecule has 0 bridgehead atoms. The van der Waals surface area contributed by atoms with E-state index in [1.165, 1.54) is 24.1 Å². The van der Waals surface area contributed by atoms with E-state index < -0.39 is 10.0 Å². The third kappa shape index (κ3) is 5.05. The van der Waals surface area contributed by atoms with E-state index in [4.69, 9.17) is 9.88 Å². The number of ether oxygens (including phenoxy) is 1. The number of hydrazone groups is 1. The quantitative estimate of drug-likeness (QED) is 0.576. The molecule has 0 saturated carbocycles. The van der Waals surface area contributed by atoms with Crippen LogP contribution in [0.4, 0.5) is 11.4 Å². The highest BCUT2D eigenvalue weighted by atomic mass is 32.2. The Hall–Kier alpha value is -3.69. The molecule has 3 aromatic carbocycles. The van der Waals surface area contributed by atoms with Crippen molar-refractivity contribution >= 4 is 33.0 Å². The maximum atomic E-state index is 12.2. The molecule has 1 amide bonds. The minimum Gasteiger partial charge on any atom is -0.497 e. The number of hydrogen-bond acceptors (Lipinski definition) is 6. The van der Waals surface area contributed by atoms with Crippen LogP contribution >= 0.6 is 0 Å². The molecule has 0 aliphatic carbocycles. The molecule has 33 heavy (non-hydrogen) atoms. The van der Waals surface area contributed by atoms with Crippen LogP contribution in [0.1, 0.15) is 30.5 Å². The molecule has 1 aliphatic heterocycles. The van der Waals surface area contributed by atoms with Gasteiger partial charge in [-0.15, -0.1) is 0 Å². The fraction of sp³-hybridized carbons (Fsp3) is 0.167. The highest BCUT2D eigenvalue weighted by Gasteiger charge is 2.31. The maximum absolute atomic E-state index is 12.2. The smallest absolute Gasteiger partial charge is 0.240 e. The lowest BCUT2D eigenvalue weighted by Crippen LogP contribution is -2.24. The summed E-state index contributed by atoms with van der Waals surface area (Å²) in [5, 5.41) is 14.5. The molecule has 0 spiro atoms. The summed E-state index contributed by atoms with van der Waals surface area (Å²) in [5.41, 5.74) is 4.31. The fourth-order valence-corrected chi connectivity index (χ4v) is 4.22. The minimum absolute atomic E-state index is 0.0593. The summed E-state index contributed by atoms with van der Waals surface area (Å²) in [6, 6.07) is 21.4. The van der Waals surface area contributed by atoms with Crippen molar-refractivity contribution in [3.8, 4) is 5.75 Å². The summed E-state index contributed by atoms with van der Waals surface area (Å²) < 4.78 is 28.0. The molecule has 8 nitrogen and oxygen atoms in total. The molecule has 1 heterocycles. The van der Waals surface area contributed by atoms with E-state index in [2.05, 4.69) is 10.4 Å². The number of benzene rings is 3. The number of rotatable bonds is 6. The van der Waals surface area contributed by atoms with Crippen molar-refractivity contribution in [2.75, 3.05) is 12.4 Å². The first-order chi connectivity index (χ1) is 15.7. The van der Waals surface area contributed by atoms with Gasteiger partial charge in [0.05, 0.1) is 23.8 Å². The van der Waals surface area contributed by atoms with Gasteiger partial charge in [0.2, 0.25) is 15.9 Å². The molecule has 1 unspecified atom stereocenters. The lowest BCUT2D eigenvalue weighted by molar-refractivity contribution is -0.130. The van der Waals surface area contributed by atoms with Crippen LogP contribution in [0.25, 0.3) is 0 Å². The molecule has 1 atom stereocenters. The van der Waals surface area contributed by atoms with Gasteiger partial charge in [0.25, 0.3) is 0 Å². The van der Waals surface area contributed by atoms with E-state index in [0.717, 1.165) is 34.0 Å². The van der Waals surface area contributed by atoms with E-state index in [-0.39, 0.29) is 16.8 Å². The molecular weight excluding hydrogens is 440 g/mol. The Balaban J connectivity index is 1.49. The van der Waals surface area contributed by atoms with Crippen LogP contribution < -0.4 is 15.2 Å². The monoisotopic (exact) mass is 464 g/mol. The minimum atomic E-state index is -3.72. The van der Waals surface area contributed by atoms with Crippen molar-refractivity contribution in [3.05, 3.63) is 83.9 Å². The van der Waals surface area contributed by atoms with E-state index in [9.17, 15) is 13.2 Å². The summed E-state index contributed by atoms with van der Waals surface area (Å²) in [5.74, 6) is 0.640. The fourth-order valence-electron chi connectivity index (χ4n) is 3.70. The summed E-state index contributed by atoms with van der Waals surface area (Å²) in [6.07, 6.45) is 0.605. The predicted octanol–water partition coefficient (Wildman–Crippen LogP) is 3.78. The number of anilines is 2. The average molecular weight is 465 g/mol. The maximum Gasteiger partial charge on any atom is 0.240 e. The molecule has 4 rings (SSSR count). The number of nitrogens with zero attached hydrogens (tertiary/aromatic N) is 2. The molecule has 0 saturated heterocycles. The van der Waals surface area contributed by atoms with E-state index in [1.54, 1.807) is 19.2 Å². The molecule has 0 radical (unpaired) electrons. The molecule has 9 heteroatoms. The number of sulfonamides is 1. The Bertz CT molecular complexity index is 1290. The van der Waals surface area contributed by atoms with Crippen molar-refractivity contribution in [1.82, 2.24) is 5.01 Å². The first kappa shape index (κ1) is 22.5. The third-order valence-corrected chi connectivity index (χ3v) is 6.35. The van der Waals surface area contributed by atoms with Gasteiger partial charge in [-0.05, 0) is 59.7 Å². The summed E-state index contributed by atoms with van der Waals surface area (Å²) in [4.78, 5) is 12.3. The highest BCUT2D eigenvalue weighted by molar-refractivity contribution is 7.89. The Morgan fingerprint density at radius 2 is 1.58 bits per heavy atom.